The van der Waals surface area contributed by atoms with Crippen molar-refractivity contribution in [2.75, 3.05) is 17.9 Å². The first-order chi connectivity index (χ1) is 7.74. The molecule has 1 aromatic rings. The third-order valence-electron chi connectivity index (χ3n) is 3.03. The Bertz CT molecular complexity index is 459. The van der Waals surface area contributed by atoms with Gasteiger partial charge in [-0.2, -0.15) is 0 Å². The molecular weight excluding hydrogens is 241 g/mol. The zero-order valence-electron chi connectivity index (χ0n) is 9.13. The Kier molecular flexibility index (Phi) is 2.55. The van der Waals surface area contributed by atoms with Crippen LogP contribution in [0.2, 0.25) is 0 Å². The van der Waals surface area contributed by atoms with Crippen molar-refractivity contribution in [3.05, 3.63) is 29.8 Å². The molecule has 5 heteroatoms. The van der Waals surface area contributed by atoms with Gasteiger partial charge in [0.15, 0.2) is 0 Å². The highest BCUT2D eigenvalue weighted by molar-refractivity contribution is 8.10. The maximum atomic E-state index is 5.73. The summed E-state index contributed by atoms with van der Waals surface area (Å²) in [5.41, 5.74) is 2.58. The van der Waals surface area contributed by atoms with Crippen molar-refractivity contribution < 1.29 is 9.05 Å². The molecule has 86 valence electrons. The van der Waals surface area contributed by atoms with Gasteiger partial charge in [-0.1, -0.05) is 18.2 Å². The van der Waals surface area contributed by atoms with Crippen molar-refractivity contribution in [3.8, 4) is 0 Å². The maximum absolute atomic E-state index is 5.73. The molecule has 1 unspecified atom stereocenters. The lowest BCUT2D eigenvalue weighted by Gasteiger charge is -2.27. The lowest BCUT2D eigenvalue weighted by Crippen LogP contribution is -2.24. The van der Waals surface area contributed by atoms with Gasteiger partial charge < -0.3 is 9.05 Å². The molecule has 2 atom stereocenters. The highest BCUT2D eigenvalue weighted by atomic mass is 32.5. The zero-order chi connectivity index (χ0) is 11.2. The molecule has 16 heavy (non-hydrogen) atoms. The van der Waals surface area contributed by atoms with Gasteiger partial charge in [0.05, 0.1) is 19.3 Å². The van der Waals surface area contributed by atoms with Gasteiger partial charge in [0.1, 0.15) is 0 Å². The molecule has 0 N–H and O–H groups in total. The lowest BCUT2D eigenvalue weighted by atomic mass is 10.1. The average molecular weight is 255 g/mol. The van der Waals surface area contributed by atoms with E-state index in [4.69, 9.17) is 20.9 Å². The summed E-state index contributed by atoms with van der Waals surface area (Å²) in [5, 5.41) is 0. The van der Waals surface area contributed by atoms with E-state index in [-0.39, 0.29) is 0 Å². The van der Waals surface area contributed by atoms with Crippen LogP contribution in [0.15, 0.2) is 24.3 Å². The second-order valence-corrected chi connectivity index (χ2v) is 7.28. The van der Waals surface area contributed by atoms with Crippen molar-refractivity contribution in [1.82, 2.24) is 0 Å². The molecule has 0 saturated carbocycles. The van der Waals surface area contributed by atoms with E-state index in [9.17, 15) is 0 Å². The molecule has 3 nitrogen and oxygen atoms in total. The fourth-order valence-electron chi connectivity index (χ4n) is 2.41. The van der Waals surface area contributed by atoms with Crippen LogP contribution in [0, 0.1) is 0 Å². The molecule has 0 aliphatic carbocycles. The lowest BCUT2D eigenvalue weighted by molar-refractivity contribution is 0.278. The van der Waals surface area contributed by atoms with Crippen molar-refractivity contribution in [3.63, 3.8) is 0 Å². The van der Waals surface area contributed by atoms with Crippen LogP contribution in [0.3, 0.4) is 0 Å². The SMILES string of the molecule is CCOP1(=S)OC[C@@H]2Cc3ccccc3N21. The monoisotopic (exact) mass is 255 g/mol. The van der Waals surface area contributed by atoms with Gasteiger partial charge in [-0.25, -0.2) is 0 Å². The minimum Gasteiger partial charge on any atom is -0.314 e. The summed E-state index contributed by atoms with van der Waals surface area (Å²) in [4.78, 5) is 0. The molecule has 1 fully saturated rings. The molecule has 0 radical (unpaired) electrons. The van der Waals surface area contributed by atoms with Crippen LogP contribution in [-0.2, 0) is 27.3 Å². The summed E-state index contributed by atoms with van der Waals surface area (Å²) in [6, 6.07) is 8.79. The fourth-order valence-corrected chi connectivity index (χ4v) is 5.59. The standard InChI is InChI=1S/C11H14NO2PS/c1-2-13-15(16)12-10(8-14-15)7-9-5-3-4-6-11(9)12/h3-6,10H,2,7-8H2,1H3/t10-,15?/m0/s1. The smallest absolute Gasteiger partial charge is 0.290 e. The van der Waals surface area contributed by atoms with Crippen LogP contribution >= 0.6 is 6.64 Å². The van der Waals surface area contributed by atoms with Crippen LogP contribution in [0.1, 0.15) is 12.5 Å². The van der Waals surface area contributed by atoms with Crippen molar-refractivity contribution in [2.45, 2.75) is 19.4 Å². The molecule has 2 aliphatic heterocycles. The van der Waals surface area contributed by atoms with E-state index in [1.54, 1.807) is 0 Å². The Labute approximate surface area is 101 Å². The predicted molar refractivity (Wildman–Crippen MR) is 68.3 cm³/mol. The summed E-state index contributed by atoms with van der Waals surface area (Å²) in [6.45, 7) is 1.04. The Morgan fingerprint density at radius 2 is 2.38 bits per heavy atom. The van der Waals surface area contributed by atoms with Gasteiger partial charge >= 0.3 is 0 Å². The van der Waals surface area contributed by atoms with Crippen LogP contribution < -0.4 is 4.67 Å². The number of hydrogen-bond acceptors (Lipinski definition) is 3. The topological polar surface area (TPSA) is 21.7 Å². The third kappa shape index (κ3) is 1.45. The molecule has 0 amide bonds. The second-order valence-electron chi connectivity index (χ2n) is 4.01. The van der Waals surface area contributed by atoms with Crippen LogP contribution in [0.25, 0.3) is 0 Å². The fraction of sp³-hybridized carbons (Fsp3) is 0.455. The molecule has 0 bridgehead atoms. The molecule has 0 spiro atoms. The normalized spacial score (nSPS) is 31.6. The van der Waals surface area contributed by atoms with Gasteiger partial charge in [-0.15, -0.1) is 0 Å². The van der Waals surface area contributed by atoms with E-state index < -0.39 is 6.64 Å². The van der Waals surface area contributed by atoms with Gasteiger partial charge in [-0.3, -0.25) is 4.67 Å². The quantitative estimate of drug-likeness (QED) is 0.757. The van der Waals surface area contributed by atoms with Crippen molar-refractivity contribution in [1.29, 1.82) is 0 Å². The number of nitrogens with zero attached hydrogens (tertiary/aromatic N) is 1. The molecule has 2 aliphatic rings. The van der Waals surface area contributed by atoms with E-state index in [0.717, 1.165) is 6.42 Å². The Balaban J connectivity index is 2.03. The number of benzene rings is 1. The van der Waals surface area contributed by atoms with E-state index in [0.29, 0.717) is 19.3 Å². The summed E-state index contributed by atoms with van der Waals surface area (Å²) < 4.78 is 13.6. The summed E-state index contributed by atoms with van der Waals surface area (Å²) in [7, 11) is 0. The average Bonchev–Trinajstić information content (AvgIpc) is 2.78. The number of para-hydroxylation sites is 1. The van der Waals surface area contributed by atoms with E-state index in [2.05, 4.69) is 22.9 Å². The minimum absolute atomic E-state index is 0.384. The first-order valence-corrected chi connectivity index (χ1v) is 8.10. The minimum atomic E-state index is -2.24. The second kappa shape index (κ2) is 3.81. The molecular formula is C11H14NO2PS. The van der Waals surface area contributed by atoms with Gasteiger partial charge in [0, 0.05) is 5.69 Å². The van der Waals surface area contributed by atoms with E-state index in [1.165, 1.54) is 11.3 Å². The summed E-state index contributed by atoms with van der Waals surface area (Å²) >= 11 is 5.57. The Morgan fingerprint density at radius 1 is 1.56 bits per heavy atom. The number of hydrogen-bond donors (Lipinski definition) is 0. The molecule has 1 aromatic carbocycles. The highest BCUT2D eigenvalue weighted by Crippen LogP contribution is 2.62. The molecule has 3 rings (SSSR count). The first kappa shape index (κ1) is 10.7. The number of rotatable bonds is 2. The van der Waals surface area contributed by atoms with Gasteiger partial charge in [-0.05, 0) is 36.8 Å². The predicted octanol–water partition coefficient (Wildman–Crippen LogP) is 2.71. The Morgan fingerprint density at radius 3 is 3.19 bits per heavy atom. The molecule has 2 heterocycles. The van der Waals surface area contributed by atoms with Crippen LogP contribution in [0.4, 0.5) is 5.69 Å². The van der Waals surface area contributed by atoms with Crippen molar-refractivity contribution in [2.24, 2.45) is 0 Å². The van der Waals surface area contributed by atoms with Crippen LogP contribution in [0.5, 0.6) is 0 Å². The van der Waals surface area contributed by atoms with Gasteiger partial charge in [0.2, 0.25) is 0 Å². The van der Waals surface area contributed by atoms with Crippen LogP contribution in [-0.4, -0.2) is 19.3 Å². The third-order valence-corrected chi connectivity index (χ3v) is 6.32. The largest absolute Gasteiger partial charge is 0.314 e. The molecule has 0 aromatic heterocycles. The van der Waals surface area contributed by atoms with Gasteiger partial charge in [0.25, 0.3) is 6.64 Å². The maximum Gasteiger partial charge on any atom is 0.290 e. The molecule has 1 saturated heterocycles. The summed E-state index contributed by atoms with van der Waals surface area (Å²) in [5.74, 6) is 0. The first-order valence-electron chi connectivity index (χ1n) is 5.51. The summed E-state index contributed by atoms with van der Waals surface area (Å²) in [6.07, 6.45) is 1.03. The van der Waals surface area contributed by atoms with Crippen molar-refractivity contribution >= 4 is 24.1 Å². The number of fused-ring (bicyclic) bond motifs is 3. The zero-order valence-corrected chi connectivity index (χ0v) is 10.8. The number of anilines is 1. The Hall–Kier alpha value is -0.410. The highest BCUT2D eigenvalue weighted by Gasteiger charge is 2.46. The van der Waals surface area contributed by atoms with E-state index in [1.807, 2.05) is 13.0 Å². The van der Waals surface area contributed by atoms with E-state index >= 15 is 0 Å².